The van der Waals surface area contributed by atoms with E-state index in [4.69, 9.17) is 0 Å². The standard InChI is InChI=1S/C20H33F/c1-2-15-3-5-16(6-4-15)17-7-9-18(10-8-17)19-11-13-20(21)14-12-19/h9,15-17,19-20H,2-8,10-14H2,1H3. The van der Waals surface area contributed by atoms with E-state index in [9.17, 15) is 4.39 Å². The first-order valence-electron chi connectivity index (χ1n) is 9.59. The van der Waals surface area contributed by atoms with Crippen molar-refractivity contribution in [2.24, 2.45) is 23.7 Å². The lowest BCUT2D eigenvalue weighted by atomic mass is 9.69. The van der Waals surface area contributed by atoms with Crippen LogP contribution in [0.15, 0.2) is 11.6 Å². The first-order valence-corrected chi connectivity index (χ1v) is 9.59. The van der Waals surface area contributed by atoms with Crippen LogP contribution in [-0.2, 0) is 0 Å². The van der Waals surface area contributed by atoms with Crippen LogP contribution in [0.1, 0.15) is 84.0 Å². The minimum atomic E-state index is -0.507. The first kappa shape index (κ1) is 15.6. The Labute approximate surface area is 130 Å². The molecule has 3 rings (SSSR count). The van der Waals surface area contributed by atoms with E-state index in [2.05, 4.69) is 13.0 Å². The van der Waals surface area contributed by atoms with E-state index in [1.807, 2.05) is 0 Å². The topological polar surface area (TPSA) is 0 Å². The van der Waals surface area contributed by atoms with Crippen molar-refractivity contribution in [3.8, 4) is 0 Å². The molecule has 0 heterocycles. The molecule has 0 radical (unpaired) electrons. The Morgan fingerprint density at radius 2 is 1.62 bits per heavy atom. The van der Waals surface area contributed by atoms with Gasteiger partial charge in [0.1, 0.15) is 6.17 Å². The van der Waals surface area contributed by atoms with Gasteiger partial charge in [-0.3, -0.25) is 0 Å². The molecule has 0 aromatic heterocycles. The van der Waals surface area contributed by atoms with Crippen molar-refractivity contribution < 1.29 is 4.39 Å². The summed E-state index contributed by atoms with van der Waals surface area (Å²) < 4.78 is 13.3. The summed E-state index contributed by atoms with van der Waals surface area (Å²) in [4.78, 5) is 0. The van der Waals surface area contributed by atoms with Gasteiger partial charge >= 0.3 is 0 Å². The molecule has 0 N–H and O–H groups in total. The molecule has 2 saturated carbocycles. The fourth-order valence-corrected chi connectivity index (χ4v) is 5.17. The molecule has 3 aliphatic rings. The molecule has 0 spiro atoms. The second kappa shape index (κ2) is 7.29. The monoisotopic (exact) mass is 292 g/mol. The largest absolute Gasteiger partial charge is 0.247 e. The molecule has 0 aromatic carbocycles. The van der Waals surface area contributed by atoms with E-state index >= 15 is 0 Å². The summed E-state index contributed by atoms with van der Waals surface area (Å²) >= 11 is 0. The van der Waals surface area contributed by atoms with Gasteiger partial charge in [0.2, 0.25) is 0 Å². The second-order valence-electron chi connectivity index (χ2n) is 7.95. The van der Waals surface area contributed by atoms with E-state index in [0.29, 0.717) is 0 Å². The smallest absolute Gasteiger partial charge is 0.100 e. The maximum absolute atomic E-state index is 13.3. The minimum Gasteiger partial charge on any atom is -0.247 e. The Morgan fingerprint density at radius 3 is 2.19 bits per heavy atom. The van der Waals surface area contributed by atoms with Gasteiger partial charge < -0.3 is 0 Å². The molecule has 1 heteroatoms. The van der Waals surface area contributed by atoms with E-state index in [1.165, 1.54) is 51.4 Å². The summed E-state index contributed by atoms with van der Waals surface area (Å²) in [6, 6.07) is 0. The zero-order chi connectivity index (χ0) is 14.7. The third-order valence-corrected chi connectivity index (χ3v) is 6.80. The maximum atomic E-state index is 13.3. The minimum absolute atomic E-state index is 0.507. The quantitative estimate of drug-likeness (QED) is 0.524. The van der Waals surface area contributed by atoms with Gasteiger partial charge in [-0.1, -0.05) is 37.8 Å². The number of hydrogen-bond donors (Lipinski definition) is 0. The molecular formula is C20H33F. The lowest BCUT2D eigenvalue weighted by Gasteiger charge is -2.37. The highest BCUT2D eigenvalue weighted by molar-refractivity contribution is 5.12. The van der Waals surface area contributed by atoms with Gasteiger partial charge in [0.25, 0.3) is 0 Å². The molecule has 0 aromatic rings. The Morgan fingerprint density at radius 1 is 0.905 bits per heavy atom. The first-order chi connectivity index (χ1) is 10.3. The van der Waals surface area contributed by atoms with E-state index < -0.39 is 6.17 Å². The van der Waals surface area contributed by atoms with Crippen molar-refractivity contribution in [3.05, 3.63) is 11.6 Å². The van der Waals surface area contributed by atoms with Crippen LogP contribution in [0.3, 0.4) is 0 Å². The van der Waals surface area contributed by atoms with E-state index in [1.54, 1.807) is 5.57 Å². The van der Waals surface area contributed by atoms with Crippen LogP contribution < -0.4 is 0 Å². The van der Waals surface area contributed by atoms with Crippen LogP contribution in [0.25, 0.3) is 0 Å². The summed E-state index contributed by atoms with van der Waals surface area (Å²) in [6.07, 6.45) is 17.3. The molecule has 0 aliphatic heterocycles. The second-order valence-corrected chi connectivity index (χ2v) is 7.95. The highest BCUT2D eigenvalue weighted by Gasteiger charge is 2.30. The Hall–Kier alpha value is -0.330. The summed E-state index contributed by atoms with van der Waals surface area (Å²) in [5.41, 5.74) is 1.69. The van der Waals surface area contributed by atoms with Crippen LogP contribution >= 0.6 is 0 Å². The van der Waals surface area contributed by atoms with Gasteiger partial charge in [-0.25, -0.2) is 4.39 Å². The molecule has 1 unspecified atom stereocenters. The SMILES string of the molecule is CCC1CCC(C2CC=C(C3CCC(F)CC3)CC2)CC1. The Kier molecular flexibility index (Phi) is 5.40. The van der Waals surface area contributed by atoms with Gasteiger partial charge in [0, 0.05) is 0 Å². The number of halogens is 1. The third-order valence-electron chi connectivity index (χ3n) is 6.80. The van der Waals surface area contributed by atoms with Crippen molar-refractivity contribution in [1.82, 2.24) is 0 Å². The summed E-state index contributed by atoms with van der Waals surface area (Å²) in [7, 11) is 0. The highest BCUT2D eigenvalue weighted by atomic mass is 19.1. The van der Waals surface area contributed by atoms with Crippen molar-refractivity contribution in [1.29, 1.82) is 0 Å². The Balaban J connectivity index is 1.48. The summed E-state index contributed by atoms with van der Waals surface area (Å²) in [6.45, 7) is 2.35. The normalized spacial score (nSPS) is 41.6. The lowest BCUT2D eigenvalue weighted by Crippen LogP contribution is -2.25. The summed E-state index contributed by atoms with van der Waals surface area (Å²) in [5, 5.41) is 0. The molecule has 120 valence electrons. The third kappa shape index (κ3) is 3.90. The molecule has 0 amide bonds. The highest BCUT2D eigenvalue weighted by Crippen LogP contribution is 2.43. The Bertz CT molecular complexity index is 343. The van der Waals surface area contributed by atoms with Crippen LogP contribution in [0.4, 0.5) is 4.39 Å². The van der Waals surface area contributed by atoms with Crippen molar-refractivity contribution in [2.45, 2.75) is 90.1 Å². The van der Waals surface area contributed by atoms with E-state index in [0.717, 1.165) is 49.4 Å². The number of alkyl halides is 1. The predicted molar refractivity (Wildman–Crippen MR) is 88.0 cm³/mol. The lowest BCUT2D eigenvalue weighted by molar-refractivity contribution is 0.183. The molecule has 0 bridgehead atoms. The van der Waals surface area contributed by atoms with Crippen LogP contribution in [0, 0.1) is 23.7 Å². The van der Waals surface area contributed by atoms with Gasteiger partial charge in [-0.2, -0.15) is 0 Å². The number of rotatable bonds is 3. The van der Waals surface area contributed by atoms with Crippen molar-refractivity contribution >= 4 is 0 Å². The van der Waals surface area contributed by atoms with Crippen molar-refractivity contribution in [3.63, 3.8) is 0 Å². The fourth-order valence-electron chi connectivity index (χ4n) is 5.17. The average molecular weight is 292 g/mol. The molecule has 21 heavy (non-hydrogen) atoms. The van der Waals surface area contributed by atoms with Gasteiger partial charge in [-0.05, 0) is 81.5 Å². The van der Waals surface area contributed by atoms with Crippen molar-refractivity contribution in [2.75, 3.05) is 0 Å². The molecule has 0 saturated heterocycles. The number of allylic oxidation sites excluding steroid dienone is 2. The molecule has 2 fully saturated rings. The van der Waals surface area contributed by atoms with Crippen LogP contribution in [0.5, 0.6) is 0 Å². The maximum Gasteiger partial charge on any atom is 0.100 e. The summed E-state index contributed by atoms with van der Waals surface area (Å²) in [5.74, 6) is 3.72. The van der Waals surface area contributed by atoms with Crippen LogP contribution in [-0.4, -0.2) is 6.17 Å². The zero-order valence-corrected chi connectivity index (χ0v) is 13.8. The van der Waals surface area contributed by atoms with Gasteiger partial charge in [0.15, 0.2) is 0 Å². The predicted octanol–water partition coefficient (Wildman–Crippen LogP) is 6.46. The fraction of sp³-hybridized carbons (Fsp3) is 0.900. The van der Waals surface area contributed by atoms with Crippen LogP contribution in [0.2, 0.25) is 0 Å². The molecular weight excluding hydrogens is 259 g/mol. The molecule has 3 aliphatic carbocycles. The average Bonchev–Trinajstić information content (AvgIpc) is 2.56. The molecule has 0 nitrogen and oxygen atoms in total. The van der Waals surface area contributed by atoms with E-state index in [-0.39, 0.29) is 0 Å². The van der Waals surface area contributed by atoms with Gasteiger partial charge in [-0.15, -0.1) is 0 Å². The van der Waals surface area contributed by atoms with Gasteiger partial charge in [0.05, 0.1) is 0 Å². The zero-order valence-electron chi connectivity index (χ0n) is 13.8. The molecule has 1 atom stereocenters. The number of hydrogen-bond acceptors (Lipinski definition) is 0.